The van der Waals surface area contributed by atoms with Crippen LogP contribution in [0.1, 0.15) is 15.9 Å². The molecule has 1 amide bonds. The second kappa shape index (κ2) is 5.93. The maximum Gasteiger partial charge on any atom is 0.271 e. The number of carbonyl (C=O) groups is 1. The Morgan fingerprint density at radius 1 is 1.22 bits per heavy atom. The molecule has 0 saturated carbocycles. The number of hydrazone groups is 1. The second-order valence-electron chi connectivity index (χ2n) is 3.46. The highest BCUT2D eigenvalue weighted by atomic mass is 35.5. The van der Waals surface area contributed by atoms with E-state index in [1.165, 1.54) is 6.21 Å². The van der Waals surface area contributed by atoms with E-state index in [4.69, 9.17) is 11.6 Å². The smallest absolute Gasteiger partial charge is 0.267 e. The normalized spacial score (nSPS) is 10.5. The molecule has 2 aromatic rings. The van der Waals surface area contributed by atoms with Crippen LogP contribution in [0.25, 0.3) is 0 Å². The number of benzene rings is 1. The summed E-state index contributed by atoms with van der Waals surface area (Å²) in [4.78, 5) is 15.5. The van der Waals surface area contributed by atoms with Crippen LogP contribution in [0.4, 0.5) is 0 Å². The molecule has 2 rings (SSSR count). The van der Waals surface area contributed by atoms with Crippen molar-refractivity contribution in [2.45, 2.75) is 0 Å². The Hall–Kier alpha value is -2.20. The summed E-state index contributed by atoms with van der Waals surface area (Å²) < 4.78 is 0. The standard InChI is InChI=1S/C13H10ClN3O/c14-12-4-2-1-3-11(12)9-16-17-13(18)10-5-7-15-8-6-10/h1-9H,(H,17,18)/b16-9-. The second-order valence-corrected chi connectivity index (χ2v) is 3.86. The number of aromatic nitrogens is 1. The highest BCUT2D eigenvalue weighted by molar-refractivity contribution is 6.33. The number of rotatable bonds is 3. The average molecular weight is 260 g/mol. The highest BCUT2D eigenvalue weighted by Gasteiger charge is 2.02. The predicted octanol–water partition coefficient (Wildman–Crippen LogP) is 2.50. The molecule has 1 aromatic carbocycles. The molecule has 18 heavy (non-hydrogen) atoms. The van der Waals surface area contributed by atoms with Gasteiger partial charge < -0.3 is 0 Å². The first-order valence-corrected chi connectivity index (χ1v) is 5.63. The fourth-order valence-electron chi connectivity index (χ4n) is 1.31. The third kappa shape index (κ3) is 3.15. The topological polar surface area (TPSA) is 54.4 Å². The van der Waals surface area contributed by atoms with Gasteiger partial charge in [0.25, 0.3) is 5.91 Å². The van der Waals surface area contributed by atoms with Crippen LogP contribution < -0.4 is 5.43 Å². The van der Waals surface area contributed by atoms with Gasteiger partial charge in [-0.25, -0.2) is 5.43 Å². The van der Waals surface area contributed by atoms with Crippen molar-refractivity contribution in [3.05, 3.63) is 64.9 Å². The molecule has 1 heterocycles. The summed E-state index contributed by atoms with van der Waals surface area (Å²) in [5.41, 5.74) is 3.66. The zero-order valence-electron chi connectivity index (χ0n) is 9.38. The van der Waals surface area contributed by atoms with Crippen LogP contribution >= 0.6 is 11.6 Å². The summed E-state index contributed by atoms with van der Waals surface area (Å²) in [5.74, 6) is -0.291. The van der Waals surface area contributed by atoms with Gasteiger partial charge in [0.05, 0.1) is 6.21 Å². The molecular weight excluding hydrogens is 250 g/mol. The summed E-state index contributed by atoms with van der Waals surface area (Å²) in [6, 6.07) is 10.5. The molecule has 90 valence electrons. The molecule has 0 bridgehead atoms. The van der Waals surface area contributed by atoms with Crippen LogP contribution in [0.5, 0.6) is 0 Å². The largest absolute Gasteiger partial charge is 0.271 e. The Morgan fingerprint density at radius 2 is 1.94 bits per heavy atom. The van der Waals surface area contributed by atoms with Gasteiger partial charge in [0, 0.05) is 28.5 Å². The van der Waals surface area contributed by atoms with Gasteiger partial charge >= 0.3 is 0 Å². The number of hydrogen-bond acceptors (Lipinski definition) is 3. The first-order valence-electron chi connectivity index (χ1n) is 5.25. The van der Waals surface area contributed by atoms with Crippen molar-refractivity contribution in [1.82, 2.24) is 10.4 Å². The Labute approximate surface area is 109 Å². The zero-order chi connectivity index (χ0) is 12.8. The van der Waals surface area contributed by atoms with Crippen molar-refractivity contribution in [2.75, 3.05) is 0 Å². The molecule has 4 nitrogen and oxygen atoms in total. The highest BCUT2D eigenvalue weighted by Crippen LogP contribution is 2.12. The molecule has 5 heteroatoms. The van der Waals surface area contributed by atoms with E-state index in [1.807, 2.05) is 18.2 Å². The lowest BCUT2D eigenvalue weighted by molar-refractivity contribution is 0.0955. The van der Waals surface area contributed by atoms with E-state index in [2.05, 4.69) is 15.5 Å². The van der Waals surface area contributed by atoms with E-state index >= 15 is 0 Å². The number of halogens is 1. The molecule has 0 aliphatic rings. The number of nitrogens with one attached hydrogen (secondary N) is 1. The summed E-state index contributed by atoms with van der Waals surface area (Å²) in [6.07, 6.45) is 4.60. The van der Waals surface area contributed by atoms with Crippen molar-refractivity contribution >= 4 is 23.7 Å². The average Bonchev–Trinajstić information content (AvgIpc) is 2.42. The summed E-state index contributed by atoms with van der Waals surface area (Å²) in [6.45, 7) is 0. The van der Waals surface area contributed by atoms with E-state index in [9.17, 15) is 4.79 Å². The maximum atomic E-state index is 11.6. The molecule has 0 atom stereocenters. The zero-order valence-corrected chi connectivity index (χ0v) is 10.1. The maximum absolute atomic E-state index is 11.6. The van der Waals surface area contributed by atoms with Gasteiger partial charge in [-0.1, -0.05) is 29.8 Å². The minimum absolute atomic E-state index is 0.291. The van der Waals surface area contributed by atoms with Crippen LogP contribution in [-0.4, -0.2) is 17.1 Å². The number of carbonyl (C=O) groups excluding carboxylic acids is 1. The van der Waals surface area contributed by atoms with Crippen LogP contribution in [0.15, 0.2) is 53.9 Å². The Kier molecular flexibility index (Phi) is 4.04. The van der Waals surface area contributed by atoms with Crippen LogP contribution in [0.3, 0.4) is 0 Å². The molecule has 1 N–H and O–H groups in total. The third-order valence-corrected chi connectivity index (χ3v) is 2.56. The van der Waals surface area contributed by atoms with Crippen molar-refractivity contribution in [2.24, 2.45) is 5.10 Å². The van der Waals surface area contributed by atoms with Gasteiger partial charge in [-0.2, -0.15) is 5.10 Å². The van der Waals surface area contributed by atoms with E-state index in [-0.39, 0.29) is 5.91 Å². The number of nitrogens with zero attached hydrogens (tertiary/aromatic N) is 2. The fraction of sp³-hybridized carbons (Fsp3) is 0. The summed E-state index contributed by atoms with van der Waals surface area (Å²) >= 11 is 5.94. The molecule has 0 fully saturated rings. The molecule has 0 saturated heterocycles. The van der Waals surface area contributed by atoms with Gasteiger partial charge in [0.2, 0.25) is 0 Å². The lowest BCUT2D eigenvalue weighted by Gasteiger charge is -1.99. The van der Waals surface area contributed by atoms with Gasteiger partial charge in [0.15, 0.2) is 0 Å². The minimum atomic E-state index is -0.291. The van der Waals surface area contributed by atoms with Crippen molar-refractivity contribution in [3.8, 4) is 0 Å². The SMILES string of the molecule is O=C(N/N=C\c1ccccc1Cl)c1ccncc1. The molecule has 0 aliphatic carbocycles. The lowest BCUT2D eigenvalue weighted by atomic mass is 10.2. The molecule has 0 aliphatic heterocycles. The molecule has 0 spiro atoms. The Bertz CT molecular complexity index is 569. The first-order chi connectivity index (χ1) is 8.77. The van der Waals surface area contributed by atoms with E-state index < -0.39 is 0 Å². The monoisotopic (exact) mass is 259 g/mol. The Balaban J connectivity index is 2.00. The Morgan fingerprint density at radius 3 is 2.67 bits per heavy atom. The molecule has 0 radical (unpaired) electrons. The lowest BCUT2D eigenvalue weighted by Crippen LogP contribution is -2.17. The number of pyridine rings is 1. The fourth-order valence-corrected chi connectivity index (χ4v) is 1.49. The molecular formula is C13H10ClN3O. The van der Waals surface area contributed by atoms with E-state index in [0.717, 1.165) is 5.56 Å². The van der Waals surface area contributed by atoms with Crippen LogP contribution in [-0.2, 0) is 0 Å². The van der Waals surface area contributed by atoms with E-state index in [1.54, 1.807) is 30.6 Å². The number of hydrogen-bond donors (Lipinski definition) is 1. The molecule has 1 aromatic heterocycles. The first kappa shape index (κ1) is 12.3. The van der Waals surface area contributed by atoms with Crippen molar-refractivity contribution < 1.29 is 4.79 Å². The third-order valence-electron chi connectivity index (χ3n) is 2.22. The van der Waals surface area contributed by atoms with Gasteiger partial charge in [0.1, 0.15) is 0 Å². The van der Waals surface area contributed by atoms with Crippen molar-refractivity contribution in [1.29, 1.82) is 0 Å². The van der Waals surface area contributed by atoms with Crippen LogP contribution in [0.2, 0.25) is 5.02 Å². The number of amides is 1. The minimum Gasteiger partial charge on any atom is -0.267 e. The quantitative estimate of drug-likeness (QED) is 0.680. The van der Waals surface area contributed by atoms with Gasteiger partial charge in [-0.15, -0.1) is 0 Å². The van der Waals surface area contributed by atoms with Gasteiger partial charge in [-0.3, -0.25) is 9.78 Å². The van der Waals surface area contributed by atoms with Gasteiger partial charge in [-0.05, 0) is 18.2 Å². The summed E-state index contributed by atoms with van der Waals surface area (Å²) in [7, 11) is 0. The molecule has 0 unspecified atom stereocenters. The van der Waals surface area contributed by atoms with E-state index in [0.29, 0.717) is 10.6 Å². The summed E-state index contributed by atoms with van der Waals surface area (Å²) in [5, 5.41) is 4.43. The predicted molar refractivity (Wildman–Crippen MR) is 70.7 cm³/mol. The van der Waals surface area contributed by atoms with Crippen LogP contribution in [0, 0.1) is 0 Å². The van der Waals surface area contributed by atoms with Crippen molar-refractivity contribution in [3.63, 3.8) is 0 Å².